The fourth-order valence-electron chi connectivity index (χ4n) is 2.83. The van der Waals surface area contributed by atoms with Crippen molar-refractivity contribution in [2.45, 2.75) is 31.5 Å². The van der Waals surface area contributed by atoms with Crippen LogP contribution in [0.2, 0.25) is 0 Å². The Kier molecular flexibility index (Phi) is 4.97. The number of hydrogen-bond donors (Lipinski definition) is 1. The van der Waals surface area contributed by atoms with E-state index in [1.165, 1.54) is 5.01 Å². The smallest absolute Gasteiger partial charge is 0.273 e. The summed E-state index contributed by atoms with van der Waals surface area (Å²) in [5.74, 6) is -0.806. The molecule has 0 aliphatic carbocycles. The third-order valence-electron chi connectivity index (χ3n) is 4.35. The molecule has 0 aromatic heterocycles. The number of aryl methyl sites for hydroxylation is 1. The quantitative estimate of drug-likeness (QED) is 0.827. The van der Waals surface area contributed by atoms with Gasteiger partial charge in [0.1, 0.15) is 0 Å². The minimum Gasteiger partial charge on any atom is -0.273 e. The maximum absolute atomic E-state index is 12.6. The molecule has 1 fully saturated rings. The highest BCUT2D eigenvalue weighted by atomic mass is 19.4. The Morgan fingerprint density at radius 3 is 2.31 bits per heavy atom. The van der Waals surface area contributed by atoms with Crippen LogP contribution in [0, 0.1) is 0 Å². The summed E-state index contributed by atoms with van der Waals surface area (Å²) in [6, 6.07) is 13.6. The van der Waals surface area contributed by atoms with Gasteiger partial charge in [-0.25, -0.2) is 0 Å². The summed E-state index contributed by atoms with van der Waals surface area (Å²) < 4.78 is 37.7. The molecule has 136 valence electrons. The van der Waals surface area contributed by atoms with Gasteiger partial charge in [-0.05, 0) is 42.7 Å². The zero-order chi connectivity index (χ0) is 18.7. The molecule has 2 aromatic rings. The van der Waals surface area contributed by atoms with Gasteiger partial charge in [0.2, 0.25) is 5.91 Å². The van der Waals surface area contributed by atoms with E-state index in [0.29, 0.717) is 12.8 Å². The van der Waals surface area contributed by atoms with Gasteiger partial charge >= 0.3 is 6.18 Å². The average Bonchev–Trinajstić information content (AvgIpc) is 2.63. The van der Waals surface area contributed by atoms with Crippen molar-refractivity contribution in [2.24, 2.45) is 0 Å². The summed E-state index contributed by atoms with van der Waals surface area (Å²) >= 11 is 0. The molecule has 0 radical (unpaired) electrons. The van der Waals surface area contributed by atoms with Gasteiger partial charge in [0, 0.05) is 5.56 Å². The molecule has 1 aliphatic rings. The number of hydrazine groups is 1. The van der Waals surface area contributed by atoms with Crippen LogP contribution in [-0.4, -0.2) is 22.9 Å². The molecule has 26 heavy (non-hydrogen) atoms. The Morgan fingerprint density at radius 1 is 1.08 bits per heavy atom. The van der Waals surface area contributed by atoms with Crippen LogP contribution in [0.15, 0.2) is 54.6 Å². The number of benzene rings is 2. The van der Waals surface area contributed by atoms with Crippen molar-refractivity contribution in [3.8, 4) is 0 Å². The molecule has 0 saturated carbocycles. The number of hydrogen-bond acceptors (Lipinski definition) is 2. The fourth-order valence-corrected chi connectivity index (χ4v) is 2.83. The molecule has 7 heteroatoms. The zero-order valence-corrected chi connectivity index (χ0v) is 13.8. The maximum atomic E-state index is 12.6. The fraction of sp³-hybridized carbons (Fsp3) is 0.263. The molecule has 3 rings (SSSR count). The number of rotatable bonds is 5. The Bertz CT molecular complexity index is 789. The van der Waals surface area contributed by atoms with Gasteiger partial charge in [-0.2, -0.15) is 13.2 Å². The van der Waals surface area contributed by atoms with Crippen LogP contribution in [0.5, 0.6) is 0 Å². The van der Waals surface area contributed by atoms with Gasteiger partial charge in [-0.15, -0.1) is 0 Å². The normalized spacial score (nSPS) is 17.0. The van der Waals surface area contributed by atoms with E-state index >= 15 is 0 Å². The second-order valence-corrected chi connectivity index (χ2v) is 6.16. The van der Waals surface area contributed by atoms with E-state index in [4.69, 9.17) is 0 Å². The molecule has 2 amide bonds. The lowest BCUT2D eigenvalue weighted by atomic mass is 9.96. The number of alkyl halides is 3. The number of β-lactam (4-membered cyclic amide) rings is 1. The van der Waals surface area contributed by atoms with Crippen LogP contribution in [0.1, 0.15) is 34.3 Å². The van der Waals surface area contributed by atoms with Crippen LogP contribution >= 0.6 is 0 Å². The van der Waals surface area contributed by atoms with Crippen molar-refractivity contribution in [3.63, 3.8) is 0 Å². The Balaban J connectivity index is 1.58. The average molecular weight is 362 g/mol. The van der Waals surface area contributed by atoms with Gasteiger partial charge in [0.05, 0.1) is 18.0 Å². The molecule has 1 unspecified atom stereocenters. The topological polar surface area (TPSA) is 49.4 Å². The summed E-state index contributed by atoms with van der Waals surface area (Å²) in [4.78, 5) is 24.0. The molecular formula is C19H17F3N2O2. The molecule has 1 saturated heterocycles. The Labute approximate surface area is 148 Å². The number of carbonyl (C=O) groups is 2. The highest BCUT2D eigenvalue weighted by Crippen LogP contribution is 2.29. The minimum absolute atomic E-state index is 0.0690. The lowest BCUT2D eigenvalue weighted by molar-refractivity contribution is -0.150. The molecular weight excluding hydrogens is 345 g/mol. The van der Waals surface area contributed by atoms with Crippen LogP contribution < -0.4 is 5.43 Å². The highest BCUT2D eigenvalue weighted by molar-refractivity contribution is 5.96. The van der Waals surface area contributed by atoms with Crippen molar-refractivity contribution >= 4 is 11.8 Å². The molecule has 1 aliphatic heterocycles. The van der Waals surface area contributed by atoms with Crippen LogP contribution in [0.25, 0.3) is 0 Å². The second kappa shape index (κ2) is 7.19. The largest absolute Gasteiger partial charge is 0.416 e. The van der Waals surface area contributed by atoms with Crippen molar-refractivity contribution in [1.29, 1.82) is 0 Å². The molecule has 1 N–H and O–H groups in total. The summed E-state index contributed by atoms with van der Waals surface area (Å²) in [6.45, 7) is 0. The van der Waals surface area contributed by atoms with E-state index in [2.05, 4.69) is 5.43 Å². The van der Waals surface area contributed by atoms with Crippen LogP contribution in [0.3, 0.4) is 0 Å². The van der Waals surface area contributed by atoms with Gasteiger partial charge in [-0.1, -0.05) is 30.3 Å². The van der Waals surface area contributed by atoms with Gasteiger partial charge in [0.25, 0.3) is 5.91 Å². The SMILES string of the molecule is O=C(NN1C(=O)CC1CCc1ccccc1)c1ccc(C(F)(F)F)cc1. The van der Waals surface area contributed by atoms with E-state index in [1.807, 2.05) is 30.3 Å². The third kappa shape index (κ3) is 4.04. The Hall–Kier alpha value is -2.83. The molecule has 0 spiro atoms. The number of amides is 2. The first-order chi connectivity index (χ1) is 12.3. The summed E-state index contributed by atoms with van der Waals surface area (Å²) in [5.41, 5.74) is 2.88. The molecule has 2 aromatic carbocycles. The summed E-state index contributed by atoms with van der Waals surface area (Å²) in [7, 11) is 0. The van der Waals surface area contributed by atoms with Gasteiger partial charge in [0.15, 0.2) is 0 Å². The minimum atomic E-state index is -4.45. The van der Waals surface area contributed by atoms with E-state index in [-0.39, 0.29) is 17.5 Å². The predicted molar refractivity (Wildman–Crippen MR) is 88.9 cm³/mol. The first-order valence-corrected chi connectivity index (χ1v) is 8.19. The number of nitrogens with zero attached hydrogens (tertiary/aromatic N) is 1. The number of halogens is 3. The van der Waals surface area contributed by atoms with Crippen molar-refractivity contribution in [3.05, 3.63) is 71.3 Å². The maximum Gasteiger partial charge on any atom is 0.416 e. The summed E-state index contributed by atoms with van der Waals surface area (Å²) in [6.07, 6.45) is -2.64. The molecule has 4 nitrogen and oxygen atoms in total. The first-order valence-electron chi connectivity index (χ1n) is 8.19. The lowest BCUT2D eigenvalue weighted by Crippen LogP contribution is -2.61. The second-order valence-electron chi connectivity index (χ2n) is 6.16. The zero-order valence-electron chi connectivity index (χ0n) is 13.8. The van der Waals surface area contributed by atoms with Crippen molar-refractivity contribution in [1.82, 2.24) is 10.4 Å². The van der Waals surface area contributed by atoms with Crippen molar-refractivity contribution in [2.75, 3.05) is 0 Å². The first kappa shape index (κ1) is 18.0. The molecule has 1 atom stereocenters. The van der Waals surface area contributed by atoms with Crippen LogP contribution in [-0.2, 0) is 17.4 Å². The molecule has 1 heterocycles. The monoisotopic (exact) mass is 362 g/mol. The standard InChI is InChI=1S/C19H17F3N2O2/c20-19(21,22)15-9-7-14(8-10-15)18(26)23-24-16(12-17(24)25)11-6-13-4-2-1-3-5-13/h1-5,7-10,16H,6,11-12H2,(H,23,26). The molecule has 0 bridgehead atoms. The predicted octanol–water partition coefficient (Wildman–Crippen LogP) is 3.58. The third-order valence-corrected chi connectivity index (χ3v) is 4.35. The van der Waals surface area contributed by atoms with Gasteiger partial charge in [-0.3, -0.25) is 20.0 Å². The van der Waals surface area contributed by atoms with E-state index in [0.717, 1.165) is 36.2 Å². The number of carbonyl (C=O) groups excluding carboxylic acids is 2. The van der Waals surface area contributed by atoms with Crippen LogP contribution in [0.4, 0.5) is 13.2 Å². The highest BCUT2D eigenvalue weighted by Gasteiger charge is 2.37. The number of nitrogens with one attached hydrogen (secondary N) is 1. The Morgan fingerprint density at radius 2 is 1.73 bits per heavy atom. The van der Waals surface area contributed by atoms with Crippen molar-refractivity contribution < 1.29 is 22.8 Å². The van der Waals surface area contributed by atoms with E-state index in [9.17, 15) is 22.8 Å². The van der Waals surface area contributed by atoms with E-state index < -0.39 is 17.6 Å². The van der Waals surface area contributed by atoms with E-state index in [1.54, 1.807) is 0 Å². The summed E-state index contributed by atoms with van der Waals surface area (Å²) in [5, 5.41) is 1.27. The van der Waals surface area contributed by atoms with Gasteiger partial charge < -0.3 is 0 Å². The lowest BCUT2D eigenvalue weighted by Gasteiger charge is -2.40.